The maximum absolute atomic E-state index is 10.5. The molecule has 12 heavy (non-hydrogen) atoms. The number of oxime groups is 1. The zero-order valence-electron chi connectivity index (χ0n) is 7.59. The molecule has 0 saturated heterocycles. The molecule has 1 N–H and O–H groups in total. The van der Waals surface area contributed by atoms with Crippen LogP contribution in [-0.4, -0.2) is 30.4 Å². The van der Waals surface area contributed by atoms with E-state index in [2.05, 4.69) is 22.2 Å². The predicted molar refractivity (Wildman–Crippen MR) is 51.6 cm³/mol. The molecule has 0 heterocycles. The summed E-state index contributed by atoms with van der Waals surface area (Å²) in [6, 6.07) is 0. The molecule has 0 spiro atoms. The molecule has 0 bridgehead atoms. The average molecular weight is 190 g/mol. The van der Waals surface area contributed by atoms with Crippen LogP contribution in [0.15, 0.2) is 5.16 Å². The minimum atomic E-state index is -0.532. The number of nitrogens with one attached hydrogen (secondary N) is 1. The molecule has 0 aliphatic rings. The number of amides is 1. The number of thioether (sulfide) groups is 1. The van der Waals surface area contributed by atoms with Gasteiger partial charge in [0.15, 0.2) is 0 Å². The van der Waals surface area contributed by atoms with Gasteiger partial charge in [-0.3, -0.25) is 4.84 Å². The van der Waals surface area contributed by atoms with Crippen molar-refractivity contribution in [1.82, 2.24) is 5.32 Å². The smallest absolute Gasteiger partial charge is 0.323 e. The molecule has 0 aromatic rings. The van der Waals surface area contributed by atoms with Gasteiger partial charge in [-0.15, -0.1) is 0 Å². The Balaban J connectivity index is 3.60. The highest BCUT2D eigenvalue weighted by atomic mass is 32.2. The first-order valence-corrected chi connectivity index (χ1v) is 4.86. The van der Waals surface area contributed by atoms with E-state index in [4.69, 9.17) is 0 Å². The second-order valence-electron chi connectivity index (χ2n) is 2.09. The van der Waals surface area contributed by atoms with Crippen molar-refractivity contribution in [3.63, 3.8) is 0 Å². The summed E-state index contributed by atoms with van der Waals surface area (Å²) in [6.45, 7) is 3.89. The molecule has 0 saturated carbocycles. The topological polar surface area (TPSA) is 50.7 Å². The summed E-state index contributed by atoms with van der Waals surface area (Å²) in [5.74, 6) is 1.83. The Labute approximate surface area is 76.7 Å². The fraction of sp³-hybridized carbons (Fsp3) is 0.714. The summed E-state index contributed by atoms with van der Waals surface area (Å²) < 4.78 is 0. The Hall–Kier alpha value is -0.710. The Morgan fingerprint density at radius 1 is 1.67 bits per heavy atom. The van der Waals surface area contributed by atoms with Crippen molar-refractivity contribution in [2.24, 2.45) is 5.16 Å². The average Bonchev–Trinajstić information content (AvgIpc) is 2.10. The molecule has 0 radical (unpaired) electrons. The van der Waals surface area contributed by atoms with Crippen LogP contribution < -0.4 is 5.32 Å². The van der Waals surface area contributed by atoms with E-state index in [1.165, 1.54) is 7.05 Å². The van der Waals surface area contributed by atoms with Gasteiger partial charge in [0.05, 0.1) is 5.71 Å². The van der Waals surface area contributed by atoms with Crippen LogP contribution in [0.3, 0.4) is 0 Å². The maximum Gasteiger partial charge on any atom is 0.433 e. The summed E-state index contributed by atoms with van der Waals surface area (Å²) in [7, 11) is 1.49. The summed E-state index contributed by atoms with van der Waals surface area (Å²) >= 11 is 1.73. The van der Waals surface area contributed by atoms with Crippen molar-refractivity contribution in [2.75, 3.05) is 18.6 Å². The lowest BCUT2D eigenvalue weighted by Crippen LogP contribution is -2.17. The number of nitrogens with zero attached hydrogens (tertiary/aromatic N) is 1. The fourth-order valence-corrected chi connectivity index (χ4v) is 0.993. The molecule has 0 aromatic heterocycles. The normalized spacial score (nSPS) is 11.1. The number of hydrogen-bond donors (Lipinski definition) is 1. The molecular weight excluding hydrogens is 176 g/mol. The third-order valence-corrected chi connectivity index (χ3v) is 2.03. The Bertz CT molecular complexity index is 171. The molecule has 1 amide bonds. The second kappa shape index (κ2) is 6.97. The molecule has 70 valence electrons. The maximum atomic E-state index is 10.5. The lowest BCUT2D eigenvalue weighted by Gasteiger charge is -1.98. The molecule has 0 atom stereocenters. The highest BCUT2D eigenvalue weighted by Crippen LogP contribution is 1.99. The number of rotatable bonds is 4. The van der Waals surface area contributed by atoms with E-state index in [1.54, 1.807) is 11.8 Å². The molecule has 0 unspecified atom stereocenters. The molecule has 5 heteroatoms. The van der Waals surface area contributed by atoms with Gasteiger partial charge in [-0.25, -0.2) is 4.79 Å². The van der Waals surface area contributed by atoms with Gasteiger partial charge in [0.1, 0.15) is 0 Å². The van der Waals surface area contributed by atoms with E-state index in [-0.39, 0.29) is 0 Å². The van der Waals surface area contributed by atoms with E-state index >= 15 is 0 Å². The Morgan fingerprint density at radius 3 is 2.83 bits per heavy atom. The molecule has 0 aromatic carbocycles. The first-order chi connectivity index (χ1) is 5.70. The highest BCUT2D eigenvalue weighted by molar-refractivity contribution is 7.99. The summed E-state index contributed by atoms with van der Waals surface area (Å²) in [5.41, 5.74) is 0.811. The predicted octanol–water partition coefficient (Wildman–Crippen LogP) is 1.47. The minimum Gasteiger partial charge on any atom is -0.323 e. The lowest BCUT2D eigenvalue weighted by atomic mass is 10.5. The van der Waals surface area contributed by atoms with Crippen LogP contribution in [0, 0.1) is 0 Å². The van der Waals surface area contributed by atoms with Gasteiger partial charge in [0.2, 0.25) is 0 Å². The van der Waals surface area contributed by atoms with E-state index in [0.29, 0.717) is 0 Å². The standard InChI is InChI=1S/C7H14N2O2S/c1-4-12-5-6(2)9-11-7(10)8-3/h4-5H2,1-3H3,(H,8,10). The van der Waals surface area contributed by atoms with Crippen molar-refractivity contribution in [2.45, 2.75) is 13.8 Å². The van der Waals surface area contributed by atoms with Crippen LogP contribution in [0.5, 0.6) is 0 Å². The van der Waals surface area contributed by atoms with Crippen LogP contribution in [-0.2, 0) is 4.84 Å². The zero-order chi connectivity index (χ0) is 9.40. The number of hydrogen-bond acceptors (Lipinski definition) is 4. The van der Waals surface area contributed by atoms with E-state index < -0.39 is 6.09 Å². The first-order valence-electron chi connectivity index (χ1n) is 3.70. The zero-order valence-corrected chi connectivity index (χ0v) is 8.40. The second-order valence-corrected chi connectivity index (χ2v) is 3.37. The summed E-state index contributed by atoms with van der Waals surface area (Å²) in [4.78, 5) is 15.0. The SMILES string of the molecule is CCSCC(C)=NOC(=O)NC. The monoisotopic (exact) mass is 190 g/mol. The van der Waals surface area contributed by atoms with Gasteiger partial charge in [-0.05, 0) is 12.7 Å². The fourth-order valence-electron chi connectivity index (χ4n) is 0.441. The van der Waals surface area contributed by atoms with Gasteiger partial charge >= 0.3 is 6.09 Å². The van der Waals surface area contributed by atoms with E-state index in [9.17, 15) is 4.79 Å². The van der Waals surface area contributed by atoms with E-state index in [1.807, 2.05) is 6.92 Å². The molecule has 0 aliphatic heterocycles. The van der Waals surface area contributed by atoms with Crippen LogP contribution in [0.1, 0.15) is 13.8 Å². The van der Waals surface area contributed by atoms with Gasteiger partial charge < -0.3 is 5.32 Å². The van der Waals surface area contributed by atoms with Crippen LogP contribution in [0.25, 0.3) is 0 Å². The first kappa shape index (κ1) is 11.3. The van der Waals surface area contributed by atoms with Gasteiger partial charge in [-0.1, -0.05) is 12.1 Å². The Kier molecular flexibility index (Phi) is 6.55. The van der Waals surface area contributed by atoms with Crippen molar-refractivity contribution < 1.29 is 9.63 Å². The van der Waals surface area contributed by atoms with Crippen LogP contribution in [0.4, 0.5) is 4.79 Å². The molecule has 0 rings (SSSR count). The minimum absolute atomic E-state index is 0.532. The number of carbonyl (C=O) groups is 1. The largest absolute Gasteiger partial charge is 0.433 e. The molecule has 0 fully saturated rings. The van der Waals surface area contributed by atoms with Gasteiger partial charge in [-0.2, -0.15) is 11.8 Å². The van der Waals surface area contributed by atoms with Crippen molar-refractivity contribution in [1.29, 1.82) is 0 Å². The van der Waals surface area contributed by atoms with E-state index in [0.717, 1.165) is 17.2 Å². The lowest BCUT2D eigenvalue weighted by molar-refractivity contribution is 0.153. The van der Waals surface area contributed by atoms with Crippen LogP contribution >= 0.6 is 11.8 Å². The van der Waals surface area contributed by atoms with Gasteiger partial charge in [0, 0.05) is 12.8 Å². The van der Waals surface area contributed by atoms with Crippen LogP contribution in [0.2, 0.25) is 0 Å². The quantitative estimate of drug-likeness (QED) is 0.415. The molecular formula is C7H14N2O2S. The van der Waals surface area contributed by atoms with Crippen molar-refractivity contribution in [3.05, 3.63) is 0 Å². The third-order valence-electron chi connectivity index (χ3n) is 1.00. The Morgan fingerprint density at radius 2 is 2.33 bits per heavy atom. The molecule has 0 aliphatic carbocycles. The third kappa shape index (κ3) is 6.03. The highest BCUT2D eigenvalue weighted by Gasteiger charge is 1.96. The summed E-state index contributed by atoms with van der Waals surface area (Å²) in [5, 5.41) is 5.92. The van der Waals surface area contributed by atoms with Gasteiger partial charge in [0.25, 0.3) is 0 Å². The van der Waals surface area contributed by atoms with Crippen molar-refractivity contribution in [3.8, 4) is 0 Å². The summed E-state index contributed by atoms with van der Waals surface area (Å²) in [6.07, 6.45) is -0.532. The molecule has 4 nitrogen and oxygen atoms in total. The van der Waals surface area contributed by atoms with Crippen molar-refractivity contribution >= 4 is 23.6 Å². The number of carbonyl (C=O) groups excluding carboxylic acids is 1.